The molecule has 1 aliphatic heterocycles. The second kappa shape index (κ2) is 10.9. The fraction of sp³-hybridized carbons (Fsp3) is 0.538. The minimum Gasteiger partial charge on any atom is -0.314 e. The van der Waals surface area contributed by atoms with Gasteiger partial charge in [-0.2, -0.15) is 0 Å². The van der Waals surface area contributed by atoms with E-state index in [0.717, 1.165) is 45.8 Å². The van der Waals surface area contributed by atoms with Crippen LogP contribution in [-0.4, -0.2) is 44.2 Å². The van der Waals surface area contributed by atoms with Gasteiger partial charge in [0, 0.05) is 45.8 Å². The first-order valence-electron chi connectivity index (χ1n) is 6.13. The summed E-state index contributed by atoms with van der Waals surface area (Å²) in [5.41, 5.74) is 1.40. The van der Waals surface area contributed by atoms with Crippen LogP contribution >= 0.6 is 34.0 Å². The number of hydrogen-bond acceptors (Lipinski definition) is 3. The lowest BCUT2D eigenvalue weighted by Gasteiger charge is -2.21. The molecule has 0 unspecified atom stereocenters. The summed E-state index contributed by atoms with van der Waals surface area (Å²) in [6, 6.07) is 10.7. The zero-order chi connectivity index (χ0) is 11.1. The molecule has 5 heteroatoms. The molecule has 3 nitrogen and oxygen atoms in total. The molecule has 2 rings (SSSR count). The standard InChI is InChI=1S/C13H21N3.2BrH/c1-2-4-13(5-3-1)12-16-10-8-14-6-7-15-9-11-16;;/h1-5,14-15H,6-12H2;2*1H. The molecule has 0 aliphatic carbocycles. The van der Waals surface area contributed by atoms with Crippen molar-refractivity contribution in [1.82, 2.24) is 15.5 Å². The summed E-state index contributed by atoms with van der Waals surface area (Å²) >= 11 is 0. The van der Waals surface area contributed by atoms with E-state index in [-0.39, 0.29) is 34.0 Å². The quantitative estimate of drug-likeness (QED) is 0.819. The molecule has 0 radical (unpaired) electrons. The van der Waals surface area contributed by atoms with Crippen molar-refractivity contribution < 1.29 is 0 Å². The molecule has 0 aromatic heterocycles. The van der Waals surface area contributed by atoms with Gasteiger partial charge in [-0.15, -0.1) is 34.0 Å². The van der Waals surface area contributed by atoms with Crippen molar-refractivity contribution in [3.8, 4) is 0 Å². The number of nitrogens with zero attached hydrogens (tertiary/aromatic N) is 1. The lowest BCUT2D eigenvalue weighted by molar-refractivity contribution is 0.272. The highest BCUT2D eigenvalue weighted by molar-refractivity contribution is 8.93. The maximum atomic E-state index is 3.44. The SMILES string of the molecule is Br.Br.c1ccc(CN2CCNCCNCC2)cc1. The Bertz CT molecular complexity index is 286. The summed E-state index contributed by atoms with van der Waals surface area (Å²) in [6.45, 7) is 7.68. The molecular formula is C13H23Br2N3. The number of hydrogen-bond donors (Lipinski definition) is 2. The Balaban J connectivity index is 0.00000144. The van der Waals surface area contributed by atoms with E-state index >= 15 is 0 Å². The highest BCUT2D eigenvalue weighted by Gasteiger charge is 2.06. The molecule has 0 amide bonds. The molecule has 1 aromatic carbocycles. The topological polar surface area (TPSA) is 27.3 Å². The predicted molar refractivity (Wildman–Crippen MR) is 88.1 cm³/mol. The Labute approximate surface area is 131 Å². The number of halogens is 2. The lowest BCUT2D eigenvalue weighted by atomic mass is 10.2. The Morgan fingerprint density at radius 1 is 0.833 bits per heavy atom. The zero-order valence-electron chi connectivity index (χ0n) is 10.6. The monoisotopic (exact) mass is 379 g/mol. The minimum atomic E-state index is 0. The van der Waals surface area contributed by atoms with Crippen LogP contribution in [0.3, 0.4) is 0 Å². The van der Waals surface area contributed by atoms with E-state index in [1.165, 1.54) is 5.56 Å². The van der Waals surface area contributed by atoms with Gasteiger partial charge in [0.25, 0.3) is 0 Å². The molecule has 1 aliphatic rings. The Morgan fingerprint density at radius 3 is 1.94 bits per heavy atom. The molecule has 0 bridgehead atoms. The Morgan fingerprint density at radius 2 is 1.39 bits per heavy atom. The van der Waals surface area contributed by atoms with Gasteiger partial charge in [-0.05, 0) is 5.56 Å². The summed E-state index contributed by atoms with van der Waals surface area (Å²) < 4.78 is 0. The van der Waals surface area contributed by atoms with Crippen molar-refractivity contribution >= 4 is 34.0 Å². The summed E-state index contributed by atoms with van der Waals surface area (Å²) in [5.74, 6) is 0. The number of nitrogens with one attached hydrogen (secondary N) is 2. The number of rotatable bonds is 2. The van der Waals surface area contributed by atoms with Gasteiger partial charge in [-0.3, -0.25) is 4.90 Å². The average Bonchev–Trinajstić information content (AvgIpc) is 2.45. The molecule has 0 saturated carbocycles. The van der Waals surface area contributed by atoms with Gasteiger partial charge in [0.05, 0.1) is 0 Å². The minimum absolute atomic E-state index is 0. The first kappa shape index (κ1) is 18.1. The molecule has 1 heterocycles. The first-order valence-corrected chi connectivity index (χ1v) is 6.13. The van der Waals surface area contributed by atoms with Gasteiger partial charge >= 0.3 is 0 Å². The van der Waals surface area contributed by atoms with E-state index in [9.17, 15) is 0 Å². The molecule has 0 spiro atoms. The van der Waals surface area contributed by atoms with Crippen molar-refractivity contribution in [2.75, 3.05) is 39.3 Å². The predicted octanol–water partition coefficient (Wildman–Crippen LogP) is 1.84. The molecule has 1 fully saturated rings. The van der Waals surface area contributed by atoms with E-state index in [4.69, 9.17) is 0 Å². The summed E-state index contributed by atoms with van der Waals surface area (Å²) in [4.78, 5) is 2.50. The van der Waals surface area contributed by atoms with E-state index in [1.807, 2.05) is 0 Å². The van der Waals surface area contributed by atoms with Crippen molar-refractivity contribution in [3.05, 3.63) is 35.9 Å². The van der Waals surface area contributed by atoms with Gasteiger partial charge in [0.1, 0.15) is 0 Å². The van der Waals surface area contributed by atoms with Crippen LogP contribution in [0.5, 0.6) is 0 Å². The van der Waals surface area contributed by atoms with Crippen LogP contribution < -0.4 is 10.6 Å². The van der Waals surface area contributed by atoms with E-state index in [0.29, 0.717) is 0 Å². The lowest BCUT2D eigenvalue weighted by Crippen LogP contribution is -2.33. The smallest absolute Gasteiger partial charge is 0.0234 e. The fourth-order valence-electron chi connectivity index (χ4n) is 2.01. The third-order valence-corrected chi connectivity index (χ3v) is 2.94. The molecule has 1 aromatic rings. The van der Waals surface area contributed by atoms with Gasteiger partial charge in [-0.25, -0.2) is 0 Å². The van der Waals surface area contributed by atoms with E-state index in [2.05, 4.69) is 45.9 Å². The number of benzene rings is 1. The molecule has 0 atom stereocenters. The molecular weight excluding hydrogens is 358 g/mol. The summed E-state index contributed by atoms with van der Waals surface area (Å²) in [6.07, 6.45) is 0. The van der Waals surface area contributed by atoms with Gasteiger partial charge in [-0.1, -0.05) is 30.3 Å². The van der Waals surface area contributed by atoms with Crippen LogP contribution in [0.2, 0.25) is 0 Å². The van der Waals surface area contributed by atoms with Crippen LogP contribution in [0.15, 0.2) is 30.3 Å². The summed E-state index contributed by atoms with van der Waals surface area (Å²) in [5, 5.41) is 6.88. The van der Waals surface area contributed by atoms with Gasteiger partial charge in [0.2, 0.25) is 0 Å². The van der Waals surface area contributed by atoms with Gasteiger partial charge in [0.15, 0.2) is 0 Å². The molecule has 1 saturated heterocycles. The summed E-state index contributed by atoms with van der Waals surface area (Å²) in [7, 11) is 0. The highest BCUT2D eigenvalue weighted by atomic mass is 79.9. The van der Waals surface area contributed by atoms with Gasteiger partial charge < -0.3 is 10.6 Å². The molecule has 2 N–H and O–H groups in total. The second-order valence-electron chi connectivity index (χ2n) is 4.26. The van der Waals surface area contributed by atoms with Crippen LogP contribution in [0, 0.1) is 0 Å². The van der Waals surface area contributed by atoms with Crippen LogP contribution in [-0.2, 0) is 6.54 Å². The van der Waals surface area contributed by atoms with Crippen molar-refractivity contribution in [1.29, 1.82) is 0 Å². The largest absolute Gasteiger partial charge is 0.314 e. The third kappa shape index (κ3) is 6.85. The highest BCUT2D eigenvalue weighted by Crippen LogP contribution is 2.03. The Kier molecular flexibility index (Phi) is 11.0. The average molecular weight is 381 g/mol. The van der Waals surface area contributed by atoms with Crippen molar-refractivity contribution in [3.63, 3.8) is 0 Å². The normalized spacial score (nSPS) is 17.6. The zero-order valence-corrected chi connectivity index (χ0v) is 14.0. The van der Waals surface area contributed by atoms with Crippen LogP contribution in [0.1, 0.15) is 5.56 Å². The maximum absolute atomic E-state index is 3.44. The van der Waals surface area contributed by atoms with E-state index < -0.39 is 0 Å². The molecule has 104 valence electrons. The van der Waals surface area contributed by atoms with Crippen LogP contribution in [0.25, 0.3) is 0 Å². The van der Waals surface area contributed by atoms with Crippen LogP contribution in [0.4, 0.5) is 0 Å². The maximum Gasteiger partial charge on any atom is 0.0234 e. The van der Waals surface area contributed by atoms with E-state index in [1.54, 1.807) is 0 Å². The third-order valence-electron chi connectivity index (χ3n) is 2.94. The molecule has 18 heavy (non-hydrogen) atoms. The first-order chi connectivity index (χ1) is 7.95. The Hall–Kier alpha value is 0.0600. The second-order valence-corrected chi connectivity index (χ2v) is 4.26. The van der Waals surface area contributed by atoms with Crippen molar-refractivity contribution in [2.45, 2.75) is 6.54 Å². The van der Waals surface area contributed by atoms with Crippen molar-refractivity contribution in [2.24, 2.45) is 0 Å². The fourth-order valence-corrected chi connectivity index (χ4v) is 2.01.